The van der Waals surface area contributed by atoms with Crippen molar-refractivity contribution in [1.29, 1.82) is 0 Å². The van der Waals surface area contributed by atoms with Crippen LogP contribution in [0.5, 0.6) is 5.75 Å². The molecule has 1 saturated carbocycles. The van der Waals surface area contributed by atoms with Crippen LogP contribution >= 0.6 is 23.2 Å². The summed E-state index contributed by atoms with van der Waals surface area (Å²) in [5, 5.41) is 10.1. The fraction of sp³-hybridized carbons (Fsp3) is 0.519. The Morgan fingerprint density at radius 3 is 2.55 bits per heavy atom. The molecule has 13 heteroatoms. The van der Waals surface area contributed by atoms with Gasteiger partial charge in [0.1, 0.15) is 10.8 Å². The first-order valence-corrected chi connectivity index (χ1v) is 15.8. The van der Waals surface area contributed by atoms with Crippen LogP contribution in [0, 0.1) is 6.92 Å². The number of ether oxygens (including phenoxy) is 1. The van der Waals surface area contributed by atoms with E-state index < -0.39 is 15.1 Å². The summed E-state index contributed by atoms with van der Waals surface area (Å²) in [5.74, 6) is 1.51. The van der Waals surface area contributed by atoms with Gasteiger partial charge in [-0.2, -0.15) is 10.1 Å². The van der Waals surface area contributed by atoms with E-state index >= 15 is 0 Å². The molecule has 0 radical (unpaired) electrons. The third kappa shape index (κ3) is 6.17. The molecule has 1 saturated heterocycles. The van der Waals surface area contributed by atoms with Crippen LogP contribution in [0.4, 0.5) is 23.1 Å². The van der Waals surface area contributed by atoms with E-state index in [1.54, 1.807) is 27.1 Å². The molecule has 2 fully saturated rings. The first kappa shape index (κ1) is 28.9. The van der Waals surface area contributed by atoms with Crippen LogP contribution in [0.3, 0.4) is 0 Å². The minimum Gasteiger partial charge on any atom is -0.488 e. The fourth-order valence-electron chi connectivity index (χ4n) is 4.82. The Hall–Kier alpha value is -2.60. The van der Waals surface area contributed by atoms with E-state index in [2.05, 4.69) is 56.7 Å². The van der Waals surface area contributed by atoms with Crippen molar-refractivity contribution in [1.82, 2.24) is 24.6 Å². The number of likely N-dealkylation sites (tertiary alicyclic amines) is 1. The molecule has 40 heavy (non-hydrogen) atoms. The van der Waals surface area contributed by atoms with Crippen molar-refractivity contribution in [2.75, 3.05) is 30.8 Å². The highest BCUT2D eigenvalue weighted by molar-refractivity contribution is 7.92. The van der Waals surface area contributed by atoms with Crippen molar-refractivity contribution < 1.29 is 13.2 Å². The molecule has 0 spiro atoms. The van der Waals surface area contributed by atoms with Crippen LogP contribution in [-0.4, -0.2) is 69.9 Å². The van der Waals surface area contributed by atoms with Crippen molar-refractivity contribution in [3.8, 4) is 5.75 Å². The zero-order chi connectivity index (χ0) is 28.8. The highest BCUT2D eigenvalue weighted by atomic mass is 35.5. The maximum absolute atomic E-state index is 12.9. The molecule has 5 rings (SSSR count). The zero-order valence-electron chi connectivity index (χ0n) is 23.3. The average Bonchev–Trinajstić information content (AvgIpc) is 3.62. The Labute approximate surface area is 245 Å². The van der Waals surface area contributed by atoms with Crippen molar-refractivity contribution in [2.45, 2.75) is 67.7 Å². The van der Waals surface area contributed by atoms with Gasteiger partial charge in [0, 0.05) is 25.7 Å². The van der Waals surface area contributed by atoms with Gasteiger partial charge in [0.25, 0.3) is 0 Å². The van der Waals surface area contributed by atoms with Crippen LogP contribution in [0.25, 0.3) is 0 Å². The summed E-state index contributed by atoms with van der Waals surface area (Å²) in [6.07, 6.45) is 6.26. The first-order chi connectivity index (χ1) is 18.9. The summed E-state index contributed by atoms with van der Waals surface area (Å²) in [6.45, 7) is 7.15. The molecule has 2 aromatic heterocycles. The third-order valence-electron chi connectivity index (χ3n) is 7.26. The van der Waals surface area contributed by atoms with Gasteiger partial charge in [-0.25, -0.2) is 13.4 Å². The number of nitrogens with one attached hydrogen (secondary N) is 2. The molecule has 3 heterocycles. The number of anilines is 4. The second kappa shape index (κ2) is 11.3. The van der Waals surface area contributed by atoms with E-state index in [4.69, 9.17) is 27.9 Å². The number of benzene rings is 1. The number of hydrogen-bond donors (Lipinski definition) is 2. The van der Waals surface area contributed by atoms with E-state index in [1.807, 2.05) is 0 Å². The lowest BCUT2D eigenvalue weighted by Crippen LogP contribution is -2.37. The zero-order valence-corrected chi connectivity index (χ0v) is 25.6. The van der Waals surface area contributed by atoms with Crippen LogP contribution in [0.15, 0.2) is 29.6 Å². The van der Waals surface area contributed by atoms with Crippen LogP contribution < -0.4 is 15.4 Å². The Kier molecular flexibility index (Phi) is 8.20. The second-order valence-corrected chi connectivity index (χ2v) is 14.3. The second-order valence-electron chi connectivity index (χ2n) is 11.0. The average molecular weight is 609 g/mol. The largest absolute Gasteiger partial charge is 0.488 e. The lowest BCUT2D eigenvalue weighted by atomic mass is 9.86. The molecule has 2 aliphatic rings. The van der Waals surface area contributed by atoms with E-state index in [0.29, 0.717) is 0 Å². The maximum Gasteiger partial charge on any atom is 0.229 e. The summed E-state index contributed by atoms with van der Waals surface area (Å²) in [4.78, 5) is 11.2. The van der Waals surface area contributed by atoms with Gasteiger partial charge < -0.3 is 20.3 Å². The van der Waals surface area contributed by atoms with Crippen molar-refractivity contribution in [3.05, 3.63) is 40.7 Å². The Morgan fingerprint density at radius 2 is 1.88 bits per heavy atom. The molecule has 2 atom stereocenters. The number of aromatic nitrogens is 4. The van der Waals surface area contributed by atoms with Gasteiger partial charge in [-0.15, -0.1) is 11.6 Å². The highest BCUT2D eigenvalue weighted by Crippen LogP contribution is 2.41. The molecule has 2 unspecified atom stereocenters. The predicted molar refractivity (Wildman–Crippen MR) is 158 cm³/mol. The normalized spacial score (nSPS) is 20.1. The topological polar surface area (TPSA) is 114 Å². The minimum atomic E-state index is -3.64. The molecule has 216 valence electrons. The number of aryl methyl sites for hydroxylation is 2. The molecule has 1 aliphatic carbocycles. The molecule has 0 amide bonds. The lowest BCUT2D eigenvalue weighted by molar-refractivity contribution is 0.258. The molecule has 1 aliphatic heterocycles. The van der Waals surface area contributed by atoms with Gasteiger partial charge in [-0.3, -0.25) is 4.68 Å². The monoisotopic (exact) mass is 607 g/mol. The third-order valence-corrected chi connectivity index (χ3v) is 10.1. The number of nitrogens with zero attached hydrogens (tertiary/aromatic N) is 5. The van der Waals surface area contributed by atoms with Gasteiger partial charge in [0.2, 0.25) is 20.8 Å². The predicted octanol–water partition coefficient (Wildman–Crippen LogP) is 5.41. The summed E-state index contributed by atoms with van der Waals surface area (Å²) in [6, 6.07) is 4.16. The maximum atomic E-state index is 12.9. The van der Waals surface area contributed by atoms with Gasteiger partial charge >= 0.3 is 0 Å². The van der Waals surface area contributed by atoms with E-state index in [-0.39, 0.29) is 44.9 Å². The smallest absolute Gasteiger partial charge is 0.229 e. The molecular formula is C27H35Cl2N7O3S. The molecule has 0 bridgehead atoms. The molecule has 10 nitrogen and oxygen atoms in total. The Bertz CT molecular complexity index is 1510. The van der Waals surface area contributed by atoms with Gasteiger partial charge in [-0.1, -0.05) is 11.6 Å². The molecular weight excluding hydrogens is 573 g/mol. The van der Waals surface area contributed by atoms with Gasteiger partial charge in [0.15, 0.2) is 5.82 Å². The standard InChI is InChI=1S/C27H35Cl2N7O3S/c1-15(2)40(37,38)26-23(14-36(5)34-26)31-25-20(28)12-30-27(33-25)32-22-10-16(3)19(11-24(22)39-17-6-7-17)18-8-9-35(4)13-21(18)29/h10-12,14-15,17-18,21H,6-9,13H2,1-5H3,(H2,30,31,32,33). The van der Waals surface area contributed by atoms with Crippen molar-refractivity contribution in [3.63, 3.8) is 0 Å². The number of rotatable bonds is 9. The van der Waals surface area contributed by atoms with Crippen LogP contribution in [0.1, 0.15) is 50.2 Å². The van der Waals surface area contributed by atoms with Crippen LogP contribution in [0.2, 0.25) is 5.02 Å². The number of alkyl halides is 1. The number of piperidine rings is 1. The SMILES string of the molecule is Cc1cc(Nc2ncc(Cl)c(Nc3cn(C)nc3S(=O)(=O)C(C)C)n2)c(OC2CC2)cc1C1CCN(C)CC1Cl. The highest BCUT2D eigenvalue weighted by Gasteiger charge is 2.31. The lowest BCUT2D eigenvalue weighted by Gasteiger charge is -2.34. The Morgan fingerprint density at radius 1 is 1.12 bits per heavy atom. The molecule has 2 N–H and O–H groups in total. The van der Waals surface area contributed by atoms with Gasteiger partial charge in [0.05, 0.1) is 34.3 Å². The van der Waals surface area contributed by atoms with Crippen LogP contribution in [-0.2, 0) is 16.9 Å². The number of halogens is 2. The Balaban J connectivity index is 1.45. The van der Waals surface area contributed by atoms with E-state index in [0.717, 1.165) is 49.4 Å². The number of sulfone groups is 1. The summed E-state index contributed by atoms with van der Waals surface area (Å²) in [7, 11) is 0.115. The minimum absolute atomic E-state index is 0.0233. The first-order valence-electron chi connectivity index (χ1n) is 13.4. The number of hydrogen-bond acceptors (Lipinski definition) is 9. The fourth-order valence-corrected chi connectivity index (χ4v) is 6.56. The van der Waals surface area contributed by atoms with E-state index in [9.17, 15) is 8.42 Å². The van der Waals surface area contributed by atoms with Crippen molar-refractivity contribution >= 4 is 56.2 Å². The summed E-state index contributed by atoms with van der Waals surface area (Å²) in [5.41, 5.74) is 3.33. The van der Waals surface area contributed by atoms with Gasteiger partial charge in [-0.05, 0) is 76.9 Å². The molecule has 1 aromatic carbocycles. The summed E-state index contributed by atoms with van der Waals surface area (Å²) < 4.78 is 33.5. The van der Waals surface area contributed by atoms with E-state index in [1.165, 1.54) is 16.4 Å². The molecule has 3 aromatic rings. The van der Waals surface area contributed by atoms with Crippen molar-refractivity contribution in [2.24, 2.45) is 7.05 Å². The summed E-state index contributed by atoms with van der Waals surface area (Å²) >= 11 is 13.2. The quantitative estimate of drug-likeness (QED) is 0.308.